The molecular formula is C9H19N3O3. The van der Waals surface area contributed by atoms with E-state index in [1.54, 1.807) is 7.11 Å². The molecule has 0 aromatic carbocycles. The van der Waals surface area contributed by atoms with Gasteiger partial charge in [0.1, 0.15) is 0 Å². The number of rotatable bonds is 7. The maximum atomic E-state index is 11.1. The van der Waals surface area contributed by atoms with E-state index in [1.165, 1.54) is 0 Å². The van der Waals surface area contributed by atoms with Crippen molar-refractivity contribution in [3.05, 3.63) is 0 Å². The van der Waals surface area contributed by atoms with Gasteiger partial charge in [0.15, 0.2) is 0 Å². The number of hydrogen-bond acceptors (Lipinski definition) is 3. The Balaban J connectivity index is 3.34. The minimum Gasteiger partial charge on any atom is -0.383 e. The minimum atomic E-state index is -0.248. The number of hydrogen-bond donors (Lipinski definition) is 3. The van der Waals surface area contributed by atoms with Gasteiger partial charge in [-0.25, -0.2) is 4.79 Å². The molecule has 0 saturated carbocycles. The van der Waals surface area contributed by atoms with E-state index in [0.717, 1.165) is 0 Å². The molecule has 88 valence electrons. The highest BCUT2D eigenvalue weighted by Crippen LogP contribution is 1.77. The topological polar surface area (TPSA) is 79.5 Å². The number of amides is 3. The first-order valence-corrected chi connectivity index (χ1v) is 4.98. The van der Waals surface area contributed by atoms with E-state index in [1.807, 2.05) is 6.92 Å². The van der Waals surface area contributed by atoms with Crippen LogP contribution in [0.25, 0.3) is 0 Å². The van der Waals surface area contributed by atoms with E-state index in [0.29, 0.717) is 26.2 Å². The van der Waals surface area contributed by atoms with Crippen LogP contribution in [0.1, 0.15) is 13.3 Å². The summed E-state index contributed by atoms with van der Waals surface area (Å²) in [7, 11) is 1.57. The summed E-state index contributed by atoms with van der Waals surface area (Å²) in [5, 5.41) is 7.79. The van der Waals surface area contributed by atoms with Gasteiger partial charge in [0.2, 0.25) is 5.91 Å². The fraction of sp³-hybridized carbons (Fsp3) is 0.778. The van der Waals surface area contributed by atoms with Gasteiger partial charge in [-0.1, -0.05) is 0 Å². The van der Waals surface area contributed by atoms with Crippen molar-refractivity contribution in [1.29, 1.82) is 0 Å². The SMILES string of the molecule is CCNC(=O)NCCC(=O)NCCOC. The number of urea groups is 1. The molecule has 0 aliphatic heterocycles. The lowest BCUT2D eigenvalue weighted by Gasteiger charge is -2.06. The van der Waals surface area contributed by atoms with Crippen molar-refractivity contribution in [2.45, 2.75) is 13.3 Å². The second kappa shape index (κ2) is 9.26. The van der Waals surface area contributed by atoms with Crippen LogP contribution in [0.15, 0.2) is 0 Å². The van der Waals surface area contributed by atoms with Gasteiger partial charge in [0, 0.05) is 33.2 Å². The Morgan fingerprint density at radius 3 is 2.47 bits per heavy atom. The van der Waals surface area contributed by atoms with Crippen molar-refractivity contribution >= 4 is 11.9 Å². The van der Waals surface area contributed by atoms with Crippen LogP contribution in [0, 0.1) is 0 Å². The maximum Gasteiger partial charge on any atom is 0.314 e. The molecule has 0 saturated heterocycles. The first-order chi connectivity index (χ1) is 7.20. The second-order valence-electron chi connectivity index (χ2n) is 2.88. The third kappa shape index (κ3) is 9.01. The van der Waals surface area contributed by atoms with Crippen LogP contribution in [-0.2, 0) is 9.53 Å². The zero-order chi connectivity index (χ0) is 11.5. The summed E-state index contributed by atoms with van der Waals surface area (Å²) in [6, 6.07) is -0.248. The van der Waals surface area contributed by atoms with Crippen LogP contribution in [-0.4, -0.2) is 45.3 Å². The molecule has 0 unspecified atom stereocenters. The lowest BCUT2D eigenvalue weighted by molar-refractivity contribution is -0.121. The zero-order valence-electron chi connectivity index (χ0n) is 9.26. The largest absolute Gasteiger partial charge is 0.383 e. The van der Waals surface area contributed by atoms with Crippen LogP contribution in [0.3, 0.4) is 0 Å². The third-order valence-electron chi connectivity index (χ3n) is 1.60. The van der Waals surface area contributed by atoms with Crippen molar-refractivity contribution in [2.24, 2.45) is 0 Å². The van der Waals surface area contributed by atoms with Gasteiger partial charge in [-0.15, -0.1) is 0 Å². The fourth-order valence-corrected chi connectivity index (χ4v) is 0.894. The van der Waals surface area contributed by atoms with Gasteiger partial charge in [-0.2, -0.15) is 0 Å². The molecule has 0 rings (SSSR count). The average Bonchev–Trinajstić information content (AvgIpc) is 2.18. The smallest absolute Gasteiger partial charge is 0.314 e. The molecule has 0 fully saturated rings. The number of ether oxygens (including phenoxy) is 1. The van der Waals surface area contributed by atoms with Crippen molar-refractivity contribution in [1.82, 2.24) is 16.0 Å². The highest BCUT2D eigenvalue weighted by molar-refractivity contribution is 5.78. The summed E-state index contributed by atoms with van der Waals surface area (Å²) in [6.45, 7) is 3.74. The van der Waals surface area contributed by atoms with Crippen molar-refractivity contribution < 1.29 is 14.3 Å². The molecule has 3 N–H and O–H groups in total. The molecule has 0 heterocycles. The molecule has 0 atom stereocenters. The lowest BCUT2D eigenvalue weighted by atomic mass is 10.4. The predicted molar refractivity (Wildman–Crippen MR) is 56.6 cm³/mol. The molecule has 0 aromatic rings. The van der Waals surface area contributed by atoms with Crippen LogP contribution in [0.4, 0.5) is 4.79 Å². The average molecular weight is 217 g/mol. The van der Waals surface area contributed by atoms with E-state index in [4.69, 9.17) is 4.74 Å². The molecule has 6 heteroatoms. The molecule has 0 bridgehead atoms. The number of carbonyl (C=O) groups is 2. The molecule has 0 aromatic heterocycles. The standard InChI is InChI=1S/C9H19N3O3/c1-3-10-9(14)12-5-4-8(13)11-6-7-15-2/h3-7H2,1-2H3,(H,11,13)(H2,10,12,14). The Labute approximate surface area is 89.7 Å². The number of methoxy groups -OCH3 is 1. The van der Waals surface area contributed by atoms with Crippen LogP contribution < -0.4 is 16.0 Å². The van der Waals surface area contributed by atoms with E-state index in [9.17, 15) is 9.59 Å². The highest BCUT2D eigenvalue weighted by atomic mass is 16.5. The summed E-state index contributed by atoms with van der Waals surface area (Å²) >= 11 is 0. The van der Waals surface area contributed by atoms with Crippen molar-refractivity contribution in [2.75, 3.05) is 33.4 Å². The Morgan fingerprint density at radius 1 is 1.13 bits per heavy atom. The predicted octanol–water partition coefficient (Wildman–Crippen LogP) is -0.542. The molecule has 15 heavy (non-hydrogen) atoms. The Morgan fingerprint density at radius 2 is 1.87 bits per heavy atom. The lowest BCUT2D eigenvalue weighted by Crippen LogP contribution is -2.38. The van der Waals surface area contributed by atoms with E-state index in [2.05, 4.69) is 16.0 Å². The molecule has 0 radical (unpaired) electrons. The summed E-state index contributed by atoms with van der Waals surface area (Å²) in [5.74, 6) is -0.0937. The van der Waals surface area contributed by atoms with Gasteiger partial charge in [0.25, 0.3) is 0 Å². The molecule has 0 aliphatic rings. The van der Waals surface area contributed by atoms with E-state index < -0.39 is 0 Å². The van der Waals surface area contributed by atoms with E-state index >= 15 is 0 Å². The monoisotopic (exact) mass is 217 g/mol. The quantitative estimate of drug-likeness (QED) is 0.501. The highest BCUT2D eigenvalue weighted by Gasteiger charge is 2.01. The minimum absolute atomic E-state index is 0.0937. The summed E-state index contributed by atoms with van der Waals surface area (Å²) in [4.78, 5) is 22.0. The summed E-state index contributed by atoms with van der Waals surface area (Å²) < 4.78 is 4.77. The molecular weight excluding hydrogens is 198 g/mol. The van der Waals surface area contributed by atoms with Crippen LogP contribution in [0.5, 0.6) is 0 Å². The summed E-state index contributed by atoms with van der Waals surface area (Å²) in [5.41, 5.74) is 0. The Bertz CT molecular complexity index is 197. The number of carbonyl (C=O) groups excluding carboxylic acids is 2. The van der Waals surface area contributed by atoms with Gasteiger partial charge in [0.05, 0.1) is 6.61 Å². The molecule has 3 amide bonds. The molecule has 6 nitrogen and oxygen atoms in total. The number of nitrogens with one attached hydrogen (secondary N) is 3. The van der Waals surface area contributed by atoms with Gasteiger partial charge < -0.3 is 20.7 Å². The zero-order valence-corrected chi connectivity index (χ0v) is 9.26. The van der Waals surface area contributed by atoms with Crippen LogP contribution >= 0.6 is 0 Å². The van der Waals surface area contributed by atoms with Gasteiger partial charge in [-0.3, -0.25) is 4.79 Å². The Kier molecular flexibility index (Phi) is 8.46. The van der Waals surface area contributed by atoms with Crippen LogP contribution in [0.2, 0.25) is 0 Å². The molecule has 0 spiro atoms. The van der Waals surface area contributed by atoms with Gasteiger partial charge >= 0.3 is 6.03 Å². The maximum absolute atomic E-state index is 11.1. The van der Waals surface area contributed by atoms with Gasteiger partial charge in [-0.05, 0) is 6.92 Å². The second-order valence-corrected chi connectivity index (χ2v) is 2.88. The Hall–Kier alpha value is -1.30. The normalized spacial score (nSPS) is 9.47. The first-order valence-electron chi connectivity index (χ1n) is 4.98. The van der Waals surface area contributed by atoms with E-state index in [-0.39, 0.29) is 18.4 Å². The molecule has 0 aliphatic carbocycles. The summed E-state index contributed by atoms with van der Waals surface area (Å²) in [6.07, 6.45) is 0.279. The van der Waals surface area contributed by atoms with Crippen molar-refractivity contribution in [3.63, 3.8) is 0 Å². The first kappa shape index (κ1) is 13.7. The third-order valence-corrected chi connectivity index (χ3v) is 1.60. The fourth-order valence-electron chi connectivity index (χ4n) is 0.894. The van der Waals surface area contributed by atoms with Crippen molar-refractivity contribution in [3.8, 4) is 0 Å².